The zero-order chi connectivity index (χ0) is 19.6. The molecule has 144 valence electrons. The number of hydrogen-bond donors (Lipinski definition) is 1. The van der Waals surface area contributed by atoms with Crippen LogP contribution in [0.5, 0.6) is 5.75 Å². The number of benzene rings is 3. The minimum absolute atomic E-state index is 0.0366. The van der Waals surface area contributed by atoms with Crippen LogP contribution in [0.2, 0.25) is 0 Å². The van der Waals surface area contributed by atoms with Crippen LogP contribution in [0.15, 0.2) is 77.1 Å². The molecule has 0 unspecified atom stereocenters. The molecule has 6 heteroatoms. The number of rotatable bonds is 5. The van der Waals surface area contributed by atoms with E-state index in [1.807, 2.05) is 66.7 Å². The predicted octanol–water partition coefficient (Wildman–Crippen LogP) is 4.57. The van der Waals surface area contributed by atoms with Crippen LogP contribution >= 0.6 is 11.8 Å². The molecule has 1 amide bonds. The van der Waals surface area contributed by atoms with Gasteiger partial charge in [0.25, 0.3) is 5.91 Å². The Kier molecular flexibility index (Phi) is 4.69. The van der Waals surface area contributed by atoms with E-state index in [0.29, 0.717) is 5.75 Å². The maximum absolute atomic E-state index is 12.3. The molecule has 2 aliphatic rings. The molecular weight excluding hydrogens is 382 g/mol. The normalized spacial score (nSPS) is 15.1. The van der Waals surface area contributed by atoms with E-state index in [1.54, 1.807) is 11.8 Å². The molecule has 2 heterocycles. The van der Waals surface area contributed by atoms with Crippen LogP contribution in [0.3, 0.4) is 0 Å². The summed E-state index contributed by atoms with van der Waals surface area (Å²) in [4.78, 5) is 19.0. The molecule has 0 aliphatic carbocycles. The van der Waals surface area contributed by atoms with E-state index >= 15 is 0 Å². The molecule has 5 nitrogen and oxygen atoms in total. The number of amidine groups is 1. The molecule has 1 N–H and O–H groups in total. The second kappa shape index (κ2) is 7.64. The lowest BCUT2D eigenvalue weighted by molar-refractivity contribution is -0.118. The fourth-order valence-corrected chi connectivity index (χ4v) is 4.50. The number of carbonyl (C=O) groups excluding carboxylic acids is 1. The Morgan fingerprint density at radius 2 is 1.90 bits per heavy atom. The smallest absolute Gasteiger partial charge is 0.262 e. The molecule has 3 aromatic carbocycles. The van der Waals surface area contributed by atoms with Gasteiger partial charge in [0.15, 0.2) is 11.8 Å². The number of carbonyl (C=O) groups is 1. The van der Waals surface area contributed by atoms with Crippen molar-refractivity contribution in [2.75, 3.05) is 25.0 Å². The minimum Gasteiger partial charge on any atom is -0.483 e. The highest BCUT2D eigenvalue weighted by atomic mass is 32.2. The molecule has 0 radical (unpaired) electrons. The first-order valence-corrected chi connectivity index (χ1v) is 10.4. The Morgan fingerprint density at radius 3 is 2.79 bits per heavy atom. The summed E-state index contributed by atoms with van der Waals surface area (Å²) < 4.78 is 5.76. The molecule has 3 aromatic rings. The summed E-state index contributed by atoms with van der Waals surface area (Å²) >= 11 is 1.66. The Balaban J connectivity index is 1.21. The lowest BCUT2D eigenvalue weighted by Gasteiger charge is -2.17. The molecule has 0 saturated carbocycles. The number of anilines is 1. The lowest BCUT2D eigenvalue weighted by atomic mass is 10.1. The SMILES string of the molecule is O=C(COc1cccc2ccccc12)Nc1ccc(C2=CSC3=NCCN23)cc1. The van der Waals surface area contributed by atoms with Gasteiger partial charge >= 0.3 is 0 Å². The van der Waals surface area contributed by atoms with Crippen LogP contribution in [-0.4, -0.2) is 35.7 Å². The van der Waals surface area contributed by atoms with Crippen molar-refractivity contribution in [3.63, 3.8) is 0 Å². The molecule has 0 fully saturated rings. The number of nitrogens with zero attached hydrogens (tertiary/aromatic N) is 2. The fourth-order valence-electron chi connectivity index (χ4n) is 3.53. The molecule has 0 saturated heterocycles. The van der Waals surface area contributed by atoms with E-state index < -0.39 is 0 Å². The van der Waals surface area contributed by atoms with Gasteiger partial charge in [0, 0.05) is 23.0 Å². The first kappa shape index (κ1) is 17.8. The van der Waals surface area contributed by atoms with Crippen LogP contribution in [0, 0.1) is 0 Å². The Hall–Kier alpha value is -3.25. The van der Waals surface area contributed by atoms with Crippen LogP contribution in [-0.2, 0) is 4.79 Å². The van der Waals surface area contributed by atoms with Crippen LogP contribution in [0.25, 0.3) is 16.5 Å². The Labute approximate surface area is 173 Å². The van der Waals surface area contributed by atoms with Gasteiger partial charge < -0.3 is 15.0 Å². The van der Waals surface area contributed by atoms with Gasteiger partial charge in [-0.2, -0.15) is 0 Å². The Bertz CT molecular complexity index is 1130. The van der Waals surface area contributed by atoms with Gasteiger partial charge in [-0.25, -0.2) is 0 Å². The summed E-state index contributed by atoms with van der Waals surface area (Å²) in [5.74, 6) is 0.526. The van der Waals surface area contributed by atoms with Crippen molar-refractivity contribution in [2.24, 2.45) is 4.99 Å². The van der Waals surface area contributed by atoms with E-state index in [4.69, 9.17) is 4.74 Å². The first-order chi connectivity index (χ1) is 14.3. The van der Waals surface area contributed by atoms with Gasteiger partial charge in [-0.05, 0) is 29.1 Å². The van der Waals surface area contributed by atoms with Crippen molar-refractivity contribution >= 4 is 45.0 Å². The average Bonchev–Trinajstić information content (AvgIpc) is 3.37. The number of amides is 1. The summed E-state index contributed by atoms with van der Waals surface area (Å²) in [5.41, 5.74) is 3.04. The molecular formula is C23H19N3O2S. The second-order valence-electron chi connectivity index (χ2n) is 6.83. The third kappa shape index (κ3) is 3.59. The second-order valence-corrected chi connectivity index (χ2v) is 7.66. The van der Waals surface area contributed by atoms with Crippen LogP contribution < -0.4 is 10.1 Å². The largest absolute Gasteiger partial charge is 0.483 e. The van der Waals surface area contributed by atoms with Crippen molar-refractivity contribution < 1.29 is 9.53 Å². The number of fused-ring (bicyclic) bond motifs is 2. The molecule has 0 spiro atoms. The van der Waals surface area contributed by atoms with Gasteiger partial charge in [0.2, 0.25) is 0 Å². The maximum Gasteiger partial charge on any atom is 0.262 e. The minimum atomic E-state index is -0.185. The predicted molar refractivity (Wildman–Crippen MR) is 119 cm³/mol. The number of nitrogens with one attached hydrogen (secondary N) is 1. The van der Waals surface area contributed by atoms with Crippen molar-refractivity contribution in [3.8, 4) is 5.75 Å². The van der Waals surface area contributed by atoms with E-state index in [2.05, 4.69) is 20.6 Å². The van der Waals surface area contributed by atoms with Crippen molar-refractivity contribution in [1.82, 2.24) is 4.90 Å². The number of thioether (sulfide) groups is 1. The topological polar surface area (TPSA) is 53.9 Å². The highest BCUT2D eigenvalue weighted by Crippen LogP contribution is 2.35. The standard InChI is InChI=1S/C23H19N3O2S/c27-22(14-28-21-7-3-5-16-4-1-2-6-19(16)21)25-18-10-8-17(9-11-18)20-15-29-23-24-12-13-26(20)23/h1-11,15H,12-14H2,(H,25,27). The summed E-state index contributed by atoms with van der Waals surface area (Å²) in [7, 11) is 0. The third-order valence-electron chi connectivity index (χ3n) is 4.94. The summed E-state index contributed by atoms with van der Waals surface area (Å²) in [6, 6.07) is 21.7. The summed E-state index contributed by atoms with van der Waals surface area (Å²) in [6.45, 7) is 1.74. The average molecular weight is 401 g/mol. The van der Waals surface area contributed by atoms with Gasteiger partial charge in [-0.15, -0.1) is 0 Å². The van der Waals surface area contributed by atoms with Crippen molar-refractivity contribution in [1.29, 1.82) is 0 Å². The molecule has 0 atom stereocenters. The van der Waals surface area contributed by atoms with Crippen LogP contribution in [0.4, 0.5) is 5.69 Å². The van der Waals surface area contributed by atoms with Gasteiger partial charge in [-0.3, -0.25) is 9.79 Å². The van der Waals surface area contributed by atoms with Gasteiger partial charge in [0.1, 0.15) is 5.75 Å². The zero-order valence-electron chi connectivity index (χ0n) is 15.7. The molecule has 5 rings (SSSR count). The first-order valence-electron chi connectivity index (χ1n) is 9.47. The number of hydrogen-bond acceptors (Lipinski definition) is 5. The monoisotopic (exact) mass is 401 g/mol. The lowest BCUT2D eigenvalue weighted by Crippen LogP contribution is -2.21. The van der Waals surface area contributed by atoms with E-state index in [0.717, 1.165) is 40.3 Å². The number of ether oxygens (including phenoxy) is 1. The van der Waals surface area contributed by atoms with Crippen molar-refractivity contribution in [3.05, 3.63) is 77.7 Å². The third-order valence-corrected chi connectivity index (χ3v) is 5.84. The quantitative estimate of drug-likeness (QED) is 0.680. The number of aliphatic imine (C=N–C) groups is 1. The molecule has 0 aromatic heterocycles. The zero-order valence-corrected chi connectivity index (χ0v) is 16.5. The van der Waals surface area contributed by atoms with E-state index in [-0.39, 0.29) is 12.5 Å². The Morgan fingerprint density at radius 1 is 1.07 bits per heavy atom. The van der Waals surface area contributed by atoms with E-state index in [1.165, 1.54) is 5.70 Å². The summed E-state index contributed by atoms with van der Waals surface area (Å²) in [6.07, 6.45) is 0. The maximum atomic E-state index is 12.3. The molecule has 0 bridgehead atoms. The molecule has 29 heavy (non-hydrogen) atoms. The highest BCUT2D eigenvalue weighted by Gasteiger charge is 2.26. The summed E-state index contributed by atoms with van der Waals surface area (Å²) in [5, 5.41) is 8.19. The van der Waals surface area contributed by atoms with Crippen molar-refractivity contribution in [2.45, 2.75) is 0 Å². The van der Waals surface area contributed by atoms with Gasteiger partial charge in [0.05, 0.1) is 12.2 Å². The van der Waals surface area contributed by atoms with Gasteiger partial charge in [-0.1, -0.05) is 60.3 Å². The van der Waals surface area contributed by atoms with Crippen LogP contribution in [0.1, 0.15) is 5.56 Å². The molecule has 2 aliphatic heterocycles. The van der Waals surface area contributed by atoms with E-state index in [9.17, 15) is 4.79 Å². The fraction of sp³-hybridized carbons (Fsp3) is 0.130. The highest BCUT2D eigenvalue weighted by molar-refractivity contribution is 8.16.